The third kappa shape index (κ3) is 9.56. The Balaban J connectivity index is 3.41. The first-order valence-corrected chi connectivity index (χ1v) is 5.47. The number of rotatable bonds is 5. The lowest BCUT2D eigenvalue weighted by atomic mass is 9.91. The van der Waals surface area contributed by atoms with Crippen LogP contribution < -0.4 is 0 Å². The molecule has 0 rings (SSSR count). The first-order chi connectivity index (χ1) is 6.31. The van der Waals surface area contributed by atoms with Gasteiger partial charge in [-0.3, -0.25) is 4.79 Å². The monoisotopic (exact) mass is 200 g/mol. The van der Waals surface area contributed by atoms with Crippen LogP contribution in [0.25, 0.3) is 0 Å². The number of carbonyl (C=O) groups excluding carboxylic acids is 1. The quantitative estimate of drug-likeness (QED) is 0.502. The average molecular weight is 200 g/mol. The Hall–Kier alpha value is -0.530. The van der Waals surface area contributed by atoms with Crippen molar-refractivity contribution in [2.75, 3.05) is 6.61 Å². The minimum atomic E-state index is -0.0612. The fourth-order valence-electron chi connectivity index (χ4n) is 1.18. The summed E-state index contributed by atoms with van der Waals surface area (Å²) in [5, 5.41) is 0. The predicted molar refractivity (Wildman–Crippen MR) is 59.1 cm³/mol. The molecule has 0 atom stereocenters. The molecular formula is C12H24O2. The van der Waals surface area contributed by atoms with Crippen LogP contribution in [-0.2, 0) is 9.53 Å². The lowest BCUT2D eigenvalue weighted by Gasteiger charge is -2.17. The van der Waals surface area contributed by atoms with Gasteiger partial charge >= 0.3 is 5.97 Å². The summed E-state index contributed by atoms with van der Waals surface area (Å²) < 4.78 is 5.11. The Kier molecular flexibility index (Phi) is 5.82. The Morgan fingerprint density at radius 3 is 2.29 bits per heavy atom. The lowest BCUT2D eigenvalue weighted by molar-refractivity contribution is -0.144. The maximum Gasteiger partial charge on any atom is 0.306 e. The van der Waals surface area contributed by atoms with E-state index < -0.39 is 0 Å². The molecule has 0 fully saturated rings. The molecule has 2 nitrogen and oxygen atoms in total. The third-order valence-corrected chi connectivity index (χ3v) is 1.91. The van der Waals surface area contributed by atoms with Crippen LogP contribution in [0.3, 0.4) is 0 Å². The summed E-state index contributed by atoms with van der Waals surface area (Å²) in [4.78, 5) is 11.2. The number of hydrogen-bond acceptors (Lipinski definition) is 2. The van der Waals surface area contributed by atoms with E-state index >= 15 is 0 Å². The van der Waals surface area contributed by atoms with Crippen molar-refractivity contribution < 1.29 is 9.53 Å². The van der Waals surface area contributed by atoms with Crippen molar-refractivity contribution in [3.8, 4) is 0 Å². The predicted octanol–water partition coefficient (Wildman–Crippen LogP) is 3.40. The Morgan fingerprint density at radius 2 is 1.86 bits per heavy atom. The first-order valence-electron chi connectivity index (χ1n) is 5.47. The normalized spacial score (nSPS) is 11.9. The van der Waals surface area contributed by atoms with Crippen LogP contribution >= 0.6 is 0 Å². The van der Waals surface area contributed by atoms with Gasteiger partial charge in [-0.15, -0.1) is 0 Å². The highest BCUT2D eigenvalue weighted by Gasteiger charge is 2.10. The summed E-state index contributed by atoms with van der Waals surface area (Å²) in [6.07, 6.45) is 2.60. The first kappa shape index (κ1) is 13.5. The van der Waals surface area contributed by atoms with Crippen molar-refractivity contribution in [2.24, 2.45) is 11.3 Å². The van der Waals surface area contributed by atoms with E-state index in [2.05, 4.69) is 20.8 Å². The van der Waals surface area contributed by atoms with Gasteiger partial charge in [0.2, 0.25) is 0 Å². The van der Waals surface area contributed by atoms with Crippen LogP contribution in [0.2, 0.25) is 0 Å². The number of esters is 1. The van der Waals surface area contributed by atoms with Crippen molar-refractivity contribution in [2.45, 2.75) is 53.9 Å². The Labute approximate surface area is 88.0 Å². The zero-order valence-corrected chi connectivity index (χ0v) is 10.2. The van der Waals surface area contributed by atoms with Crippen molar-refractivity contribution in [3.63, 3.8) is 0 Å². The second-order valence-electron chi connectivity index (χ2n) is 5.48. The molecule has 0 unspecified atom stereocenters. The Morgan fingerprint density at radius 1 is 1.29 bits per heavy atom. The minimum Gasteiger partial charge on any atom is -0.466 e. The molecule has 0 spiro atoms. The second-order valence-corrected chi connectivity index (χ2v) is 5.48. The van der Waals surface area contributed by atoms with Gasteiger partial charge in [-0.1, -0.05) is 34.6 Å². The molecule has 0 aromatic heterocycles. The summed E-state index contributed by atoms with van der Waals surface area (Å²) >= 11 is 0. The van der Waals surface area contributed by atoms with E-state index in [1.807, 2.05) is 13.8 Å². The van der Waals surface area contributed by atoms with Crippen LogP contribution in [0, 0.1) is 11.3 Å². The van der Waals surface area contributed by atoms with Crippen LogP contribution in [-0.4, -0.2) is 12.6 Å². The topological polar surface area (TPSA) is 26.3 Å². The number of carbonyl (C=O) groups is 1. The van der Waals surface area contributed by atoms with Gasteiger partial charge in [0, 0.05) is 6.42 Å². The Bertz CT molecular complexity index is 166. The molecule has 0 amide bonds. The van der Waals surface area contributed by atoms with E-state index in [1.54, 1.807) is 0 Å². The zero-order chi connectivity index (χ0) is 11.2. The van der Waals surface area contributed by atoms with E-state index in [9.17, 15) is 4.79 Å². The van der Waals surface area contributed by atoms with Crippen LogP contribution in [0.4, 0.5) is 0 Å². The summed E-state index contributed by atoms with van der Waals surface area (Å²) in [7, 11) is 0. The molecule has 0 radical (unpaired) electrons. The van der Waals surface area contributed by atoms with Gasteiger partial charge in [-0.2, -0.15) is 0 Å². The van der Waals surface area contributed by atoms with Gasteiger partial charge < -0.3 is 4.74 Å². The van der Waals surface area contributed by atoms with Crippen molar-refractivity contribution in [3.05, 3.63) is 0 Å². The standard InChI is InChI=1S/C12H24O2/c1-10(2)9-11(13)14-8-6-7-12(3,4)5/h10H,6-9H2,1-5H3. The average Bonchev–Trinajstić information content (AvgIpc) is 1.95. The molecule has 0 saturated heterocycles. The summed E-state index contributed by atoms with van der Waals surface area (Å²) in [6.45, 7) is 11.2. The van der Waals surface area contributed by atoms with Crippen LogP contribution in [0.5, 0.6) is 0 Å². The zero-order valence-electron chi connectivity index (χ0n) is 10.2. The summed E-state index contributed by atoms with van der Waals surface area (Å²) in [5.74, 6) is 0.332. The van der Waals surface area contributed by atoms with Crippen LogP contribution in [0.1, 0.15) is 53.9 Å². The fourth-order valence-corrected chi connectivity index (χ4v) is 1.18. The highest BCUT2D eigenvalue weighted by molar-refractivity contribution is 5.69. The molecule has 0 aliphatic carbocycles. The molecule has 14 heavy (non-hydrogen) atoms. The van der Waals surface area contributed by atoms with E-state index in [-0.39, 0.29) is 5.97 Å². The molecule has 2 heteroatoms. The maximum absolute atomic E-state index is 11.2. The number of hydrogen-bond donors (Lipinski definition) is 0. The van der Waals surface area contributed by atoms with Crippen molar-refractivity contribution in [1.82, 2.24) is 0 Å². The van der Waals surface area contributed by atoms with Crippen molar-refractivity contribution in [1.29, 1.82) is 0 Å². The second kappa shape index (κ2) is 6.05. The van der Waals surface area contributed by atoms with Gasteiger partial charge in [0.25, 0.3) is 0 Å². The molecular weight excluding hydrogens is 176 g/mol. The highest BCUT2D eigenvalue weighted by Crippen LogP contribution is 2.20. The van der Waals surface area contributed by atoms with Gasteiger partial charge in [-0.05, 0) is 24.2 Å². The van der Waals surface area contributed by atoms with Crippen molar-refractivity contribution >= 4 is 5.97 Å². The highest BCUT2D eigenvalue weighted by atomic mass is 16.5. The summed E-state index contributed by atoms with van der Waals surface area (Å²) in [5.41, 5.74) is 0.338. The molecule has 0 heterocycles. The van der Waals surface area contributed by atoms with Gasteiger partial charge in [0.05, 0.1) is 6.61 Å². The van der Waals surface area contributed by atoms with Gasteiger partial charge in [-0.25, -0.2) is 0 Å². The molecule has 0 bridgehead atoms. The molecule has 0 N–H and O–H groups in total. The van der Waals surface area contributed by atoms with Gasteiger partial charge in [0.1, 0.15) is 0 Å². The van der Waals surface area contributed by atoms with E-state index in [1.165, 1.54) is 0 Å². The number of ether oxygens (including phenoxy) is 1. The molecule has 0 aromatic rings. The molecule has 84 valence electrons. The van der Waals surface area contributed by atoms with Crippen LogP contribution in [0.15, 0.2) is 0 Å². The molecule has 0 aliphatic heterocycles. The smallest absolute Gasteiger partial charge is 0.306 e. The van der Waals surface area contributed by atoms with E-state index in [0.717, 1.165) is 12.8 Å². The molecule has 0 aromatic carbocycles. The SMILES string of the molecule is CC(C)CC(=O)OCCCC(C)(C)C. The van der Waals surface area contributed by atoms with E-state index in [0.29, 0.717) is 24.4 Å². The lowest BCUT2D eigenvalue weighted by Crippen LogP contribution is -2.11. The molecule has 0 aliphatic rings. The summed E-state index contributed by atoms with van der Waals surface area (Å²) in [6, 6.07) is 0. The maximum atomic E-state index is 11.2. The van der Waals surface area contributed by atoms with E-state index in [4.69, 9.17) is 4.74 Å². The van der Waals surface area contributed by atoms with Gasteiger partial charge in [0.15, 0.2) is 0 Å². The largest absolute Gasteiger partial charge is 0.466 e. The fraction of sp³-hybridized carbons (Fsp3) is 0.917. The molecule has 0 saturated carbocycles. The minimum absolute atomic E-state index is 0.0612. The third-order valence-electron chi connectivity index (χ3n) is 1.91.